The molecule has 0 spiro atoms. The van der Waals surface area contributed by atoms with Crippen LogP contribution in [-0.2, 0) is 6.42 Å². The van der Waals surface area contributed by atoms with Crippen molar-refractivity contribution in [3.63, 3.8) is 0 Å². The molecule has 21 heavy (non-hydrogen) atoms. The molecule has 0 aliphatic rings. The van der Waals surface area contributed by atoms with Gasteiger partial charge in [-0.2, -0.15) is 0 Å². The first-order valence-corrected chi connectivity index (χ1v) is 8.04. The third-order valence-electron chi connectivity index (χ3n) is 3.60. The zero-order valence-corrected chi connectivity index (χ0v) is 14.0. The summed E-state index contributed by atoms with van der Waals surface area (Å²) in [6.45, 7) is 1.99. The fourth-order valence-corrected chi connectivity index (χ4v) is 2.46. The Bertz CT molecular complexity index is 527. The van der Waals surface area contributed by atoms with E-state index in [-0.39, 0.29) is 6.04 Å². The number of aromatic nitrogens is 1. The molecule has 0 saturated carbocycles. The SMILES string of the molecule is CN(CCc1ccccn1)CCC(N)c1ccc(Br)cc1. The Hall–Kier alpha value is -1.23. The van der Waals surface area contributed by atoms with Gasteiger partial charge in [-0.3, -0.25) is 4.98 Å². The zero-order valence-electron chi connectivity index (χ0n) is 12.4. The molecule has 2 rings (SSSR count). The summed E-state index contributed by atoms with van der Waals surface area (Å²) < 4.78 is 1.09. The Labute approximate surface area is 135 Å². The highest BCUT2D eigenvalue weighted by Crippen LogP contribution is 2.17. The highest BCUT2D eigenvalue weighted by molar-refractivity contribution is 9.10. The number of benzene rings is 1. The van der Waals surface area contributed by atoms with Gasteiger partial charge < -0.3 is 10.6 Å². The summed E-state index contributed by atoms with van der Waals surface area (Å²) in [6, 6.07) is 14.4. The molecule has 1 heterocycles. The van der Waals surface area contributed by atoms with Crippen LogP contribution in [0.1, 0.15) is 23.7 Å². The smallest absolute Gasteiger partial charge is 0.0416 e. The Morgan fingerprint density at radius 2 is 1.90 bits per heavy atom. The first-order chi connectivity index (χ1) is 10.1. The van der Waals surface area contributed by atoms with Crippen LogP contribution in [0.3, 0.4) is 0 Å². The van der Waals surface area contributed by atoms with Gasteiger partial charge in [-0.05, 0) is 49.8 Å². The molecule has 0 radical (unpaired) electrons. The minimum Gasteiger partial charge on any atom is -0.324 e. The molecule has 2 aromatic rings. The minimum absolute atomic E-state index is 0.0930. The van der Waals surface area contributed by atoms with Gasteiger partial charge in [0.2, 0.25) is 0 Å². The van der Waals surface area contributed by atoms with Crippen LogP contribution >= 0.6 is 15.9 Å². The van der Waals surface area contributed by atoms with Crippen molar-refractivity contribution in [1.29, 1.82) is 0 Å². The Kier molecular flexibility index (Phi) is 6.36. The highest BCUT2D eigenvalue weighted by atomic mass is 79.9. The molecular weight excluding hydrogens is 326 g/mol. The maximum atomic E-state index is 6.25. The fourth-order valence-electron chi connectivity index (χ4n) is 2.20. The average Bonchev–Trinajstić information content (AvgIpc) is 2.52. The standard InChI is InChI=1S/C17H22BrN3/c1-21(12-9-16-4-2-3-11-20-16)13-10-17(19)14-5-7-15(18)8-6-14/h2-8,11,17H,9-10,12-13,19H2,1H3. The largest absolute Gasteiger partial charge is 0.324 e. The van der Waals surface area contributed by atoms with Crippen LogP contribution in [0.5, 0.6) is 0 Å². The van der Waals surface area contributed by atoms with Crippen LogP contribution in [0.2, 0.25) is 0 Å². The van der Waals surface area contributed by atoms with E-state index < -0.39 is 0 Å². The molecular formula is C17H22BrN3. The first-order valence-electron chi connectivity index (χ1n) is 7.24. The number of likely N-dealkylation sites (N-methyl/N-ethyl adjacent to an activating group) is 1. The van der Waals surface area contributed by atoms with Gasteiger partial charge in [-0.25, -0.2) is 0 Å². The molecule has 1 aromatic heterocycles. The fraction of sp³-hybridized carbons (Fsp3) is 0.353. The van der Waals surface area contributed by atoms with Crippen molar-refractivity contribution < 1.29 is 0 Å². The topological polar surface area (TPSA) is 42.2 Å². The molecule has 0 amide bonds. The lowest BCUT2D eigenvalue weighted by molar-refractivity contribution is 0.321. The quantitative estimate of drug-likeness (QED) is 0.834. The number of nitrogens with zero attached hydrogens (tertiary/aromatic N) is 2. The maximum absolute atomic E-state index is 6.25. The minimum atomic E-state index is 0.0930. The van der Waals surface area contributed by atoms with E-state index in [0.29, 0.717) is 0 Å². The summed E-state index contributed by atoms with van der Waals surface area (Å²) in [6.07, 6.45) is 3.78. The number of pyridine rings is 1. The normalized spacial score (nSPS) is 12.6. The van der Waals surface area contributed by atoms with E-state index >= 15 is 0 Å². The van der Waals surface area contributed by atoms with Crippen molar-refractivity contribution in [2.75, 3.05) is 20.1 Å². The number of hydrogen-bond donors (Lipinski definition) is 1. The van der Waals surface area contributed by atoms with Gasteiger partial charge in [-0.1, -0.05) is 34.1 Å². The summed E-state index contributed by atoms with van der Waals surface area (Å²) in [7, 11) is 2.14. The van der Waals surface area contributed by atoms with E-state index in [2.05, 4.69) is 51.1 Å². The Balaban J connectivity index is 1.73. The van der Waals surface area contributed by atoms with Gasteiger partial charge >= 0.3 is 0 Å². The van der Waals surface area contributed by atoms with Crippen LogP contribution in [0, 0.1) is 0 Å². The van der Waals surface area contributed by atoms with Crippen molar-refractivity contribution in [3.8, 4) is 0 Å². The van der Waals surface area contributed by atoms with E-state index in [1.165, 1.54) is 5.56 Å². The van der Waals surface area contributed by atoms with Crippen LogP contribution in [0.15, 0.2) is 53.1 Å². The summed E-state index contributed by atoms with van der Waals surface area (Å²) in [4.78, 5) is 6.66. The van der Waals surface area contributed by atoms with Crippen LogP contribution in [0.25, 0.3) is 0 Å². The second-order valence-electron chi connectivity index (χ2n) is 5.32. The average molecular weight is 348 g/mol. The maximum Gasteiger partial charge on any atom is 0.0416 e. The van der Waals surface area contributed by atoms with Crippen LogP contribution in [-0.4, -0.2) is 30.0 Å². The van der Waals surface area contributed by atoms with Crippen molar-refractivity contribution >= 4 is 15.9 Å². The number of hydrogen-bond acceptors (Lipinski definition) is 3. The lowest BCUT2D eigenvalue weighted by atomic mass is 10.0. The second kappa shape index (κ2) is 8.27. The molecule has 0 aliphatic carbocycles. The third-order valence-corrected chi connectivity index (χ3v) is 4.12. The summed E-state index contributed by atoms with van der Waals surface area (Å²) in [5, 5.41) is 0. The molecule has 2 N–H and O–H groups in total. The molecule has 0 aliphatic heterocycles. The van der Waals surface area contributed by atoms with Crippen molar-refractivity contribution in [1.82, 2.24) is 9.88 Å². The van der Waals surface area contributed by atoms with Crippen molar-refractivity contribution in [2.45, 2.75) is 18.9 Å². The monoisotopic (exact) mass is 347 g/mol. The van der Waals surface area contributed by atoms with Gasteiger partial charge in [-0.15, -0.1) is 0 Å². The van der Waals surface area contributed by atoms with Gasteiger partial charge in [0, 0.05) is 35.4 Å². The molecule has 0 bridgehead atoms. The molecule has 112 valence electrons. The van der Waals surface area contributed by atoms with Gasteiger partial charge in [0.05, 0.1) is 0 Å². The third kappa shape index (κ3) is 5.58. The molecule has 1 aromatic carbocycles. The molecule has 0 fully saturated rings. The predicted molar refractivity (Wildman–Crippen MR) is 91.1 cm³/mol. The Morgan fingerprint density at radius 1 is 1.14 bits per heavy atom. The van der Waals surface area contributed by atoms with Crippen molar-refractivity contribution in [2.24, 2.45) is 5.73 Å². The second-order valence-corrected chi connectivity index (χ2v) is 6.24. The molecule has 3 nitrogen and oxygen atoms in total. The van der Waals surface area contributed by atoms with Gasteiger partial charge in [0.25, 0.3) is 0 Å². The lowest BCUT2D eigenvalue weighted by Gasteiger charge is -2.19. The molecule has 1 unspecified atom stereocenters. The van der Waals surface area contributed by atoms with E-state index in [1.807, 2.05) is 30.5 Å². The number of nitrogens with two attached hydrogens (primary N) is 1. The lowest BCUT2D eigenvalue weighted by Crippen LogP contribution is -2.26. The van der Waals surface area contributed by atoms with Crippen LogP contribution in [0.4, 0.5) is 0 Å². The van der Waals surface area contributed by atoms with Crippen LogP contribution < -0.4 is 5.73 Å². The summed E-state index contributed by atoms with van der Waals surface area (Å²) >= 11 is 3.44. The predicted octanol–water partition coefficient (Wildman–Crippen LogP) is 3.41. The molecule has 1 atom stereocenters. The van der Waals surface area contributed by atoms with E-state index in [9.17, 15) is 0 Å². The van der Waals surface area contributed by atoms with E-state index in [4.69, 9.17) is 5.73 Å². The van der Waals surface area contributed by atoms with Crippen molar-refractivity contribution in [3.05, 3.63) is 64.4 Å². The van der Waals surface area contributed by atoms with E-state index in [0.717, 1.165) is 36.1 Å². The number of rotatable bonds is 7. The molecule has 4 heteroatoms. The van der Waals surface area contributed by atoms with E-state index in [1.54, 1.807) is 0 Å². The molecule has 0 saturated heterocycles. The zero-order chi connectivity index (χ0) is 15.1. The number of halogens is 1. The summed E-state index contributed by atoms with van der Waals surface area (Å²) in [5.41, 5.74) is 8.58. The Morgan fingerprint density at radius 3 is 2.57 bits per heavy atom. The van der Waals surface area contributed by atoms with Gasteiger partial charge in [0.15, 0.2) is 0 Å². The summed E-state index contributed by atoms with van der Waals surface area (Å²) in [5.74, 6) is 0. The highest BCUT2D eigenvalue weighted by Gasteiger charge is 2.08. The first kappa shape index (κ1) is 16.1. The van der Waals surface area contributed by atoms with Gasteiger partial charge in [0.1, 0.15) is 0 Å².